The summed E-state index contributed by atoms with van der Waals surface area (Å²) in [5.41, 5.74) is 1.11. The van der Waals surface area contributed by atoms with Crippen molar-refractivity contribution in [2.24, 2.45) is 11.8 Å². The van der Waals surface area contributed by atoms with Gasteiger partial charge in [0.2, 0.25) is 5.91 Å². The maximum absolute atomic E-state index is 12.0. The number of amides is 1. The zero-order valence-electron chi connectivity index (χ0n) is 13.4. The summed E-state index contributed by atoms with van der Waals surface area (Å²) in [7, 11) is 0. The summed E-state index contributed by atoms with van der Waals surface area (Å²) in [6, 6.07) is 0. The van der Waals surface area contributed by atoms with Crippen LogP contribution in [0.2, 0.25) is 0 Å². The summed E-state index contributed by atoms with van der Waals surface area (Å²) in [5, 5.41) is 7.58. The van der Waals surface area contributed by atoms with E-state index in [4.69, 9.17) is 0 Å². The van der Waals surface area contributed by atoms with E-state index in [9.17, 15) is 4.79 Å². The molecule has 1 aromatic rings. The third-order valence-corrected chi connectivity index (χ3v) is 5.51. The van der Waals surface area contributed by atoms with E-state index in [0.29, 0.717) is 24.8 Å². The third kappa shape index (κ3) is 5.08. The highest BCUT2D eigenvalue weighted by Crippen LogP contribution is 2.22. The van der Waals surface area contributed by atoms with Crippen LogP contribution in [0, 0.1) is 25.7 Å². The number of thiazole rings is 1. The van der Waals surface area contributed by atoms with Crippen LogP contribution in [0.5, 0.6) is 0 Å². The summed E-state index contributed by atoms with van der Waals surface area (Å²) in [6.07, 6.45) is 3.96. The van der Waals surface area contributed by atoms with Crippen molar-refractivity contribution in [3.05, 3.63) is 15.6 Å². The topological polar surface area (TPSA) is 54.0 Å². The highest BCUT2D eigenvalue weighted by Gasteiger charge is 2.21. The van der Waals surface area contributed by atoms with Gasteiger partial charge in [-0.15, -0.1) is 11.3 Å². The van der Waals surface area contributed by atoms with Crippen molar-refractivity contribution in [2.45, 2.75) is 46.5 Å². The lowest BCUT2D eigenvalue weighted by atomic mass is 9.85. The van der Waals surface area contributed by atoms with E-state index in [1.54, 1.807) is 11.3 Å². The first kappa shape index (κ1) is 16.4. The van der Waals surface area contributed by atoms with Crippen molar-refractivity contribution in [1.29, 1.82) is 0 Å². The zero-order chi connectivity index (χ0) is 15.2. The van der Waals surface area contributed by atoms with Crippen molar-refractivity contribution in [1.82, 2.24) is 15.6 Å². The number of carbonyl (C=O) groups excluding carboxylic acids is 1. The summed E-state index contributed by atoms with van der Waals surface area (Å²) < 4.78 is 0. The standard InChI is InChI=1S/C16H27N3OS/c1-11(14-5-4-7-17-10-14)9-15(20)18-8-6-16-19-12(2)13(3)21-16/h11,14,17H,4-10H2,1-3H3,(H,18,20). The van der Waals surface area contributed by atoms with Gasteiger partial charge in [-0.05, 0) is 51.6 Å². The Morgan fingerprint density at radius 1 is 1.52 bits per heavy atom. The van der Waals surface area contributed by atoms with Gasteiger partial charge in [-0.1, -0.05) is 6.92 Å². The van der Waals surface area contributed by atoms with Crippen molar-refractivity contribution in [2.75, 3.05) is 19.6 Å². The number of hydrogen-bond acceptors (Lipinski definition) is 4. The fourth-order valence-electron chi connectivity index (χ4n) is 2.85. The van der Waals surface area contributed by atoms with E-state index in [1.165, 1.54) is 17.7 Å². The van der Waals surface area contributed by atoms with Crippen molar-refractivity contribution >= 4 is 17.2 Å². The molecule has 118 valence electrons. The average Bonchev–Trinajstić information content (AvgIpc) is 2.78. The Morgan fingerprint density at radius 2 is 2.33 bits per heavy atom. The molecule has 5 heteroatoms. The van der Waals surface area contributed by atoms with E-state index in [2.05, 4.69) is 29.5 Å². The summed E-state index contributed by atoms with van der Waals surface area (Å²) in [6.45, 7) is 9.21. The molecule has 0 bridgehead atoms. The number of aromatic nitrogens is 1. The SMILES string of the molecule is Cc1nc(CCNC(=O)CC(C)C2CCCNC2)sc1C. The van der Waals surface area contributed by atoms with Gasteiger partial charge in [-0.3, -0.25) is 4.79 Å². The van der Waals surface area contributed by atoms with Gasteiger partial charge in [0.15, 0.2) is 0 Å². The van der Waals surface area contributed by atoms with E-state index in [1.807, 2.05) is 6.92 Å². The summed E-state index contributed by atoms with van der Waals surface area (Å²) >= 11 is 1.73. The zero-order valence-corrected chi connectivity index (χ0v) is 14.2. The van der Waals surface area contributed by atoms with Gasteiger partial charge in [0.1, 0.15) is 0 Å². The molecule has 2 N–H and O–H groups in total. The van der Waals surface area contributed by atoms with Gasteiger partial charge in [0.25, 0.3) is 0 Å². The predicted molar refractivity (Wildman–Crippen MR) is 87.7 cm³/mol. The number of nitrogens with zero attached hydrogens (tertiary/aromatic N) is 1. The largest absolute Gasteiger partial charge is 0.356 e. The Labute approximate surface area is 131 Å². The number of nitrogens with one attached hydrogen (secondary N) is 2. The molecular formula is C16H27N3OS. The molecule has 2 rings (SSSR count). The normalized spacial score (nSPS) is 20.2. The molecule has 1 aliphatic heterocycles. The van der Waals surface area contributed by atoms with Crippen molar-refractivity contribution in [3.8, 4) is 0 Å². The molecule has 4 nitrogen and oxygen atoms in total. The van der Waals surface area contributed by atoms with Crippen LogP contribution >= 0.6 is 11.3 Å². The minimum Gasteiger partial charge on any atom is -0.356 e. The molecule has 1 saturated heterocycles. The predicted octanol–water partition coefficient (Wildman–Crippen LogP) is 2.44. The van der Waals surface area contributed by atoms with E-state index < -0.39 is 0 Å². The molecule has 1 aliphatic rings. The fourth-order valence-corrected chi connectivity index (χ4v) is 3.78. The van der Waals surface area contributed by atoms with E-state index in [-0.39, 0.29) is 5.91 Å². The molecule has 2 atom stereocenters. The second-order valence-electron chi connectivity index (χ2n) is 6.14. The number of rotatable bonds is 6. The van der Waals surface area contributed by atoms with Crippen molar-refractivity contribution in [3.63, 3.8) is 0 Å². The van der Waals surface area contributed by atoms with Crippen LogP contribution in [0.4, 0.5) is 0 Å². The number of aryl methyl sites for hydroxylation is 2. The Hall–Kier alpha value is -0.940. The van der Waals surface area contributed by atoms with Crippen LogP contribution in [0.3, 0.4) is 0 Å². The number of hydrogen-bond donors (Lipinski definition) is 2. The van der Waals surface area contributed by atoms with Crippen LogP contribution in [0.1, 0.15) is 41.8 Å². The van der Waals surface area contributed by atoms with Crippen molar-refractivity contribution < 1.29 is 4.79 Å². The van der Waals surface area contributed by atoms with Crippen LogP contribution in [-0.4, -0.2) is 30.5 Å². The van der Waals surface area contributed by atoms with E-state index >= 15 is 0 Å². The molecule has 0 aliphatic carbocycles. The minimum absolute atomic E-state index is 0.179. The second-order valence-corrected chi connectivity index (χ2v) is 7.42. The van der Waals surface area contributed by atoms with Gasteiger partial charge < -0.3 is 10.6 Å². The lowest BCUT2D eigenvalue weighted by Gasteiger charge is -2.28. The van der Waals surface area contributed by atoms with Gasteiger partial charge in [0.05, 0.1) is 10.7 Å². The number of carbonyl (C=O) groups is 1. The molecule has 0 spiro atoms. The monoisotopic (exact) mass is 309 g/mol. The molecule has 0 radical (unpaired) electrons. The Balaban J connectivity index is 1.67. The van der Waals surface area contributed by atoms with Crippen LogP contribution in [-0.2, 0) is 11.2 Å². The van der Waals surface area contributed by atoms with Crippen LogP contribution < -0.4 is 10.6 Å². The highest BCUT2D eigenvalue weighted by atomic mass is 32.1. The molecular weight excluding hydrogens is 282 g/mol. The van der Waals surface area contributed by atoms with Gasteiger partial charge in [-0.25, -0.2) is 4.98 Å². The molecule has 2 unspecified atom stereocenters. The third-order valence-electron chi connectivity index (χ3n) is 4.38. The summed E-state index contributed by atoms with van der Waals surface area (Å²) in [4.78, 5) is 17.8. The number of piperidine rings is 1. The second kappa shape index (κ2) is 7.90. The summed E-state index contributed by atoms with van der Waals surface area (Å²) in [5.74, 6) is 1.29. The lowest BCUT2D eigenvalue weighted by Crippen LogP contribution is -2.36. The van der Waals surface area contributed by atoms with Gasteiger partial charge in [-0.2, -0.15) is 0 Å². The Bertz CT molecular complexity index is 447. The maximum atomic E-state index is 12.0. The van der Waals surface area contributed by atoms with E-state index in [0.717, 1.165) is 30.2 Å². The smallest absolute Gasteiger partial charge is 0.220 e. The van der Waals surface area contributed by atoms with Crippen LogP contribution in [0.25, 0.3) is 0 Å². The first-order chi connectivity index (χ1) is 10.1. The molecule has 0 saturated carbocycles. The first-order valence-corrected chi connectivity index (χ1v) is 8.78. The quantitative estimate of drug-likeness (QED) is 0.848. The average molecular weight is 309 g/mol. The molecule has 2 heterocycles. The highest BCUT2D eigenvalue weighted by molar-refractivity contribution is 7.11. The Kier molecular flexibility index (Phi) is 6.18. The minimum atomic E-state index is 0.179. The molecule has 1 amide bonds. The maximum Gasteiger partial charge on any atom is 0.220 e. The Morgan fingerprint density at radius 3 is 2.95 bits per heavy atom. The van der Waals surface area contributed by atoms with Gasteiger partial charge >= 0.3 is 0 Å². The lowest BCUT2D eigenvalue weighted by molar-refractivity contribution is -0.122. The molecule has 1 aromatic heterocycles. The molecule has 1 fully saturated rings. The fraction of sp³-hybridized carbons (Fsp3) is 0.750. The molecule has 0 aromatic carbocycles. The van der Waals surface area contributed by atoms with Gasteiger partial charge in [0, 0.05) is 24.3 Å². The first-order valence-electron chi connectivity index (χ1n) is 7.96. The van der Waals surface area contributed by atoms with Crippen LogP contribution in [0.15, 0.2) is 0 Å². The molecule has 21 heavy (non-hydrogen) atoms.